The number of pyridine rings is 1. The summed E-state index contributed by atoms with van der Waals surface area (Å²) in [5, 5.41) is 3.49. The zero-order valence-corrected chi connectivity index (χ0v) is 16.1. The van der Waals surface area contributed by atoms with Gasteiger partial charge in [-0.05, 0) is 18.6 Å². The maximum absolute atomic E-state index is 12.5. The number of aromatic nitrogens is 1. The van der Waals surface area contributed by atoms with Gasteiger partial charge in [0.25, 0.3) is 0 Å². The molecule has 25 heavy (non-hydrogen) atoms. The summed E-state index contributed by atoms with van der Waals surface area (Å²) in [5.74, 6) is 0.238. The molecule has 140 valence electrons. The molecule has 0 atom stereocenters. The van der Waals surface area contributed by atoms with Crippen molar-refractivity contribution in [3.63, 3.8) is 0 Å². The second-order valence-corrected chi connectivity index (χ2v) is 8.63. The highest BCUT2D eigenvalue weighted by molar-refractivity contribution is 7.99. The molecule has 1 fully saturated rings. The molecule has 0 aliphatic carbocycles. The normalized spacial score (nSPS) is 15.9. The van der Waals surface area contributed by atoms with Gasteiger partial charge in [-0.3, -0.25) is 4.79 Å². The van der Waals surface area contributed by atoms with E-state index < -0.39 is 10.0 Å². The number of sulfonamides is 1. The van der Waals surface area contributed by atoms with Crippen LogP contribution in [0, 0.1) is 0 Å². The average molecular weight is 388 g/mol. The van der Waals surface area contributed by atoms with Crippen LogP contribution in [0.4, 0.5) is 0 Å². The van der Waals surface area contributed by atoms with Gasteiger partial charge in [-0.2, -0.15) is 4.31 Å². The van der Waals surface area contributed by atoms with Crippen molar-refractivity contribution in [1.29, 1.82) is 0 Å². The standard InChI is InChI=1S/C16H25N3O4S2/c1-2-3-4-7-17-15(20)13-24-16-6-5-14(12-18-16)25(21,22)19-8-10-23-11-9-19/h5-6,12H,2-4,7-11,13H2,1H3,(H,17,20). The molecule has 0 spiro atoms. The van der Waals surface area contributed by atoms with Crippen LogP contribution in [-0.4, -0.2) is 62.2 Å². The summed E-state index contributed by atoms with van der Waals surface area (Å²) in [6.45, 7) is 4.35. The van der Waals surface area contributed by atoms with Gasteiger partial charge in [0.15, 0.2) is 0 Å². The van der Waals surface area contributed by atoms with Crippen LogP contribution in [0.5, 0.6) is 0 Å². The Bertz CT molecular complexity index is 644. The third kappa shape index (κ3) is 6.25. The molecule has 1 saturated heterocycles. The van der Waals surface area contributed by atoms with Crippen molar-refractivity contribution in [3.05, 3.63) is 18.3 Å². The van der Waals surface area contributed by atoms with Gasteiger partial charge in [-0.1, -0.05) is 31.5 Å². The van der Waals surface area contributed by atoms with Crippen LogP contribution in [0.1, 0.15) is 26.2 Å². The summed E-state index contributed by atoms with van der Waals surface area (Å²) in [4.78, 5) is 16.1. The lowest BCUT2D eigenvalue weighted by Gasteiger charge is -2.25. The minimum atomic E-state index is -3.53. The maximum atomic E-state index is 12.5. The molecule has 0 unspecified atom stereocenters. The van der Waals surface area contributed by atoms with Gasteiger partial charge in [-0.25, -0.2) is 13.4 Å². The van der Waals surface area contributed by atoms with Crippen LogP contribution in [0.3, 0.4) is 0 Å². The molecule has 1 aromatic heterocycles. The molecule has 1 N–H and O–H groups in total. The van der Waals surface area contributed by atoms with Crippen molar-refractivity contribution in [2.75, 3.05) is 38.6 Å². The van der Waals surface area contributed by atoms with E-state index in [1.807, 2.05) is 0 Å². The number of nitrogens with zero attached hydrogens (tertiary/aromatic N) is 2. The highest BCUT2D eigenvalue weighted by Gasteiger charge is 2.26. The number of carbonyl (C=O) groups is 1. The molecule has 1 aliphatic rings. The summed E-state index contributed by atoms with van der Waals surface area (Å²) in [7, 11) is -3.53. The summed E-state index contributed by atoms with van der Waals surface area (Å²) in [6, 6.07) is 3.18. The predicted molar refractivity (Wildman–Crippen MR) is 97.1 cm³/mol. The second-order valence-electron chi connectivity index (χ2n) is 5.69. The fourth-order valence-corrected chi connectivity index (χ4v) is 4.36. The van der Waals surface area contributed by atoms with Gasteiger partial charge in [0.05, 0.1) is 24.0 Å². The number of morpholine rings is 1. The van der Waals surface area contributed by atoms with E-state index in [9.17, 15) is 13.2 Å². The van der Waals surface area contributed by atoms with Crippen molar-refractivity contribution < 1.29 is 17.9 Å². The van der Waals surface area contributed by atoms with E-state index in [2.05, 4.69) is 17.2 Å². The lowest BCUT2D eigenvalue weighted by atomic mass is 10.2. The number of carbonyl (C=O) groups excluding carboxylic acids is 1. The van der Waals surface area contributed by atoms with E-state index in [1.165, 1.54) is 22.3 Å². The van der Waals surface area contributed by atoms with Crippen LogP contribution >= 0.6 is 11.8 Å². The molecule has 9 heteroatoms. The second kappa shape index (κ2) is 10.1. The smallest absolute Gasteiger partial charge is 0.244 e. The molecular formula is C16H25N3O4S2. The number of nitrogens with one attached hydrogen (secondary N) is 1. The Morgan fingerprint density at radius 1 is 1.32 bits per heavy atom. The van der Waals surface area contributed by atoms with Gasteiger partial charge < -0.3 is 10.1 Å². The zero-order valence-electron chi connectivity index (χ0n) is 14.4. The SMILES string of the molecule is CCCCCNC(=O)CSc1ccc(S(=O)(=O)N2CCOCC2)cn1. The van der Waals surface area contributed by atoms with Gasteiger partial charge in [0.1, 0.15) is 4.90 Å². The van der Waals surface area contributed by atoms with Gasteiger partial charge in [0.2, 0.25) is 15.9 Å². The van der Waals surface area contributed by atoms with E-state index in [1.54, 1.807) is 12.1 Å². The molecule has 2 rings (SSSR count). The van der Waals surface area contributed by atoms with Crippen molar-refractivity contribution in [1.82, 2.24) is 14.6 Å². The Balaban J connectivity index is 1.84. The highest BCUT2D eigenvalue weighted by atomic mass is 32.2. The summed E-state index contributed by atoms with van der Waals surface area (Å²) < 4.78 is 31.6. The van der Waals surface area contributed by atoms with E-state index in [0.29, 0.717) is 37.9 Å². The molecule has 0 aromatic carbocycles. The molecule has 1 amide bonds. The van der Waals surface area contributed by atoms with Crippen LogP contribution < -0.4 is 5.32 Å². The summed E-state index contributed by atoms with van der Waals surface area (Å²) in [5.41, 5.74) is 0. The monoisotopic (exact) mass is 387 g/mol. The molecule has 1 aromatic rings. The zero-order chi connectivity index (χ0) is 18.1. The molecule has 0 radical (unpaired) electrons. The van der Waals surface area contributed by atoms with E-state index in [-0.39, 0.29) is 16.6 Å². The lowest BCUT2D eigenvalue weighted by Crippen LogP contribution is -2.40. The largest absolute Gasteiger partial charge is 0.379 e. The third-order valence-electron chi connectivity index (χ3n) is 3.77. The number of thioether (sulfide) groups is 1. The lowest BCUT2D eigenvalue weighted by molar-refractivity contribution is -0.118. The van der Waals surface area contributed by atoms with Crippen molar-refractivity contribution in [3.8, 4) is 0 Å². The van der Waals surface area contributed by atoms with Gasteiger partial charge >= 0.3 is 0 Å². The van der Waals surface area contributed by atoms with Crippen molar-refractivity contribution >= 4 is 27.7 Å². The third-order valence-corrected chi connectivity index (χ3v) is 6.60. The van der Waals surface area contributed by atoms with Gasteiger partial charge in [0, 0.05) is 25.8 Å². The first-order valence-corrected chi connectivity index (χ1v) is 10.9. The van der Waals surface area contributed by atoms with Crippen LogP contribution in [0.25, 0.3) is 0 Å². The Morgan fingerprint density at radius 3 is 2.72 bits per heavy atom. The fraction of sp³-hybridized carbons (Fsp3) is 0.625. The molecule has 1 aliphatic heterocycles. The van der Waals surface area contributed by atoms with E-state index >= 15 is 0 Å². The number of rotatable bonds is 9. The average Bonchev–Trinajstić information content (AvgIpc) is 2.64. The van der Waals surface area contributed by atoms with E-state index in [0.717, 1.165) is 19.3 Å². The molecule has 0 bridgehead atoms. The maximum Gasteiger partial charge on any atom is 0.244 e. The number of hydrogen-bond acceptors (Lipinski definition) is 6. The van der Waals surface area contributed by atoms with Crippen LogP contribution in [-0.2, 0) is 19.6 Å². The highest BCUT2D eigenvalue weighted by Crippen LogP contribution is 2.20. The number of hydrogen-bond donors (Lipinski definition) is 1. The first-order chi connectivity index (χ1) is 12.0. The fourth-order valence-electron chi connectivity index (χ4n) is 2.33. The molecular weight excluding hydrogens is 362 g/mol. The molecule has 0 saturated carbocycles. The van der Waals surface area contributed by atoms with Gasteiger partial charge in [-0.15, -0.1) is 0 Å². The predicted octanol–water partition coefficient (Wildman–Crippen LogP) is 1.50. The van der Waals surface area contributed by atoms with Crippen molar-refractivity contribution in [2.24, 2.45) is 0 Å². The Hall–Kier alpha value is -1.16. The number of ether oxygens (including phenoxy) is 1. The first kappa shape index (κ1) is 20.2. The van der Waals surface area contributed by atoms with Crippen LogP contribution in [0.2, 0.25) is 0 Å². The number of unbranched alkanes of at least 4 members (excludes halogenated alkanes) is 2. The minimum Gasteiger partial charge on any atom is -0.379 e. The Kier molecular flexibility index (Phi) is 8.14. The Labute approximate surface area is 153 Å². The minimum absolute atomic E-state index is 0.0343. The summed E-state index contributed by atoms with van der Waals surface area (Å²) in [6.07, 6.45) is 4.56. The van der Waals surface area contributed by atoms with Crippen LogP contribution in [0.15, 0.2) is 28.3 Å². The van der Waals surface area contributed by atoms with E-state index in [4.69, 9.17) is 4.74 Å². The summed E-state index contributed by atoms with van der Waals surface area (Å²) >= 11 is 1.30. The Morgan fingerprint density at radius 2 is 2.08 bits per heavy atom. The first-order valence-electron chi connectivity index (χ1n) is 8.47. The molecule has 2 heterocycles. The molecule has 7 nitrogen and oxygen atoms in total. The quantitative estimate of drug-likeness (QED) is 0.510. The topological polar surface area (TPSA) is 88.6 Å². The van der Waals surface area contributed by atoms with Crippen molar-refractivity contribution in [2.45, 2.75) is 36.1 Å². The number of amides is 1.